The summed E-state index contributed by atoms with van der Waals surface area (Å²) in [7, 11) is 0. The molecule has 1 N–H and O–H groups in total. The van der Waals surface area contributed by atoms with Crippen molar-refractivity contribution in [2.24, 2.45) is 5.92 Å². The van der Waals surface area contributed by atoms with Gasteiger partial charge in [-0.1, -0.05) is 0 Å². The summed E-state index contributed by atoms with van der Waals surface area (Å²) in [5, 5.41) is 0. The minimum Gasteiger partial charge on any atom is -0.358 e. The van der Waals surface area contributed by atoms with Gasteiger partial charge in [0, 0.05) is 29.3 Å². The molecule has 0 saturated heterocycles. The van der Waals surface area contributed by atoms with Gasteiger partial charge in [-0.25, -0.2) is 4.98 Å². The van der Waals surface area contributed by atoms with E-state index in [4.69, 9.17) is 0 Å². The minimum atomic E-state index is -4.67. The van der Waals surface area contributed by atoms with Crippen molar-refractivity contribution >= 4 is 0 Å². The highest BCUT2D eigenvalue weighted by Crippen LogP contribution is 2.44. The predicted molar refractivity (Wildman–Crippen MR) is 90.8 cm³/mol. The van der Waals surface area contributed by atoms with Crippen LogP contribution >= 0.6 is 0 Å². The Balaban J connectivity index is 2.03. The lowest BCUT2D eigenvalue weighted by atomic mass is 9.78. The zero-order valence-corrected chi connectivity index (χ0v) is 14.9. The Bertz CT molecular complexity index is 908. The lowest BCUT2D eigenvalue weighted by Gasteiger charge is -2.30. The van der Waals surface area contributed by atoms with Crippen molar-refractivity contribution in [1.82, 2.24) is 9.97 Å². The van der Waals surface area contributed by atoms with E-state index in [1.165, 1.54) is 18.2 Å². The van der Waals surface area contributed by atoms with Gasteiger partial charge < -0.3 is 4.98 Å². The third-order valence-electron chi connectivity index (χ3n) is 5.06. The van der Waals surface area contributed by atoms with E-state index in [1.807, 2.05) is 0 Å². The first kappa shape index (κ1) is 20.4. The molecule has 0 spiro atoms. The molecule has 0 aliphatic heterocycles. The van der Waals surface area contributed by atoms with Crippen molar-refractivity contribution in [3.63, 3.8) is 0 Å². The van der Waals surface area contributed by atoms with Gasteiger partial charge in [0.05, 0.1) is 17.3 Å². The number of nitrogens with zero attached hydrogens (tertiary/aromatic N) is 1. The fourth-order valence-corrected chi connectivity index (χ4v) is 3.69. The molecule has 1 saturated carbocycles. The summed E-state index contributed by atoms with van der Waals surface area (Å²) in [5.74, 6) is -1.99. The number of hydrogen-bond donors (Lipinski definition) is 1. The average Bonchev–Trinajstić information content (AvgIpc) is 2.59. The number of alkyl halides is 6. The summed E-state index contributed by atoms with van der Waals surface area (Å²) in [5.41, 5.74) is -0.202. The molecule has 1 aliphatic carbocycles. The van der Waals surface area contributed by atoms with E-state index >= 15 is 0 Å². The molecule has 1 fully saturated rings. The first-order chi connectivity index (χ1) is 12.9. The number of nitrogens with one attached hydrogen (secondary N) is 1. The second-order valence-electron chi connectivity index (χ2n) is 7.13. The molecule has 0 unspecified atom stereocenters. The summed E-state index contributed by atoms with van der Waals surface area (Å²) in [6.45, 7) is 1.64. The Kier molecular flexibility index (Phi) is 5.29. The smallest absolute Gasteiger partial charge is 0.358 e. The molecule has 2 heterocycles. The summed E-state index contributed by atoms with van der Waals surface area (Å²) < 4.78 is 78.2. The highest BCUT2D eigenvalue weighted by molar-refractivity contribution is 5.63. The molecule has 2 aromatic heterocycles. The quantitative estimate of drug-likeness (QED) is 0.663. The molecule has 28 heavy (non-hydrogen) atoms. The standard InChI is InChI=1S/C19H18F6N2O/c1-10-8-13(28)9-15(26-10)14-6-7-16(19(23,24)25)27-17(14)11-2-4-12(5-3-11)18(20,21)22/h6-9,11-12H,2-5H2,1H3,(H,26,28). The average molecular weight is 404 g/mol. The van der Waals surface area contributed by atoms with Gasteiger partial charge in [0.2, 0.25) is 0 Å². The van der Waals surface area contributed by atoms with Crippen LogP contribution in [0.2, 0.25) is 0 Å². The van der Waals surface area contributed by atoms with Crippen LogP contribution in [-0.2, 0) is 6.18 Å². The lowest BCUT2D eigenvalue weighted by molar-refractivity contribution is -0.182. The number of hydrogen-bond acceptors (Lipinski definition) is 2. The number of halogens is 6. The van der Waals surface area contributed by atoms with Crippen molar-refractivity contribution in [2.75, 3.05) is 0 Å². The van der Waals surface area contributed by atoms with Crippen LogP contribution in [-0.4, -0.2) is 16.1 Å². The van der Waals surface area contributed by atoms with Gasteiger partial charge in [0.15, 0.2) is 5.43 Å². The molecule has 3 rings (SSSR count). The van der Waals surface area contributed by atoms with Gasteiger partial charge in [-0.15, -0.1) is 0 Å². The van der Waals surface area contributed by atoms with Crippen molar-refractivity contribution in [3.05, 3.63) is 51.6 Å². The fraction of sp³-hybridized carbons (Fsp3) is 0.474. The summed E-state index contributed by atoms with van der Waals surface area (Å²) in [6.07, 6.45) is -9.12. The monoisotopic (exact) mass is 404 g/mol. The van der Waals surface area contributed by atoms with E-state index in [2.05, 4.69) is 9.97 Å². The van der Waals surface area contributed by atoms with Gasteiger partial charge in [-0.2, -0.15) is 26.3 Å². The number of rotatable bonds is 2. The Morgan fingerprint density at radius 3 is 2.18 bits per heavy atom. The van der Waals surface area contributed by atoms with Crippen LogP contribution in [0.1, 0.15) is 48.7 Å². The molecule has 0 aromatic carbocycles. The molecule has 0 amide bonds. The Labute approximate surface area is 156 Å². The zero-order valence-electron chi connectivity index (χ0n) is 14.9. The third kappa shape index (κ3) is 4.39. The minimum absolute atomic E-state index is 0.0803. The summed E-state index contributed by atoms with van der Waals surface area (Å²) >= 11 is 0. The Morgan fingerprint density at radius 1 is 1.00 bits per heavy atom. The van der Waals surface area contributed by atoms with Crippen LogP contribution in [0.3, 0.4) is 0 Å². The normalized spacial score (nSPS) is 21.0. The van der Waals surface area contributed by atoms with Crippen molar-refractivity contribution < 1.29 is 26.3 Å². The number of aromatic amines is 1. The van der Waals surface area contributed by atoms with Crippen molar-refractivity contribution in [2.45, 2.75) is 50.9 Å². The molecule has 152 valence electrons. The van der Waals surface area contributed by atoms with E-state index < -0.39 is 29.9 Å². The summed E-state index contributed by atoms with van der Waals surface area (Å²) in [6, 6.07) is 4.64. The van der Waals surface area contributed by atoms with Gasteiger partial charge >= 0.3 is 12.4 Å². The molecular weight excluding hydrogens is 386 g/mol. The first-order valence-electron chi connectivity index (χ1n) is 8.81. The molecule has 2 aromatic rings. The van der Waals surface area contributed by atoms with E-state index in [1.54, 1.807) is 6.92 Å². The van der Waals surface area contributed by atoms with E-state index in [0.29, 0.717) is 17.0 Å². The highest BCUT2D eigenvalue weighted by Gasteiger charge is 2.42. The van der Waals surface area contributed by atoms with E-state index in [0.717, 1.165) is 6.07 Å². The maximum atomic E-state index is 13.1. The second-order valence-corrected chi connectivity index (χ2v) is 7.13. The van der Waals surface area contributed by atoms with Crippen LogP contribution in [0.15, 0.2) is 29.1 Å². The second kappa shape index (κ2) is 7.25. The van der Waals surface area contributed by atoms with Crippen LogP contribution in [0, 0.1) is 12.8 Å². The number of H-pyrrole nitrogens is 1. The fourth-order valence-electron chi connectivity index (χ4n) is 3.69. The number of pyridine rings is 2. The van der Waals surface area contributed by atoms with Crippen LogP contribution in [0.25, 0.3) is 11.3 Å². The van der Waals surface area contributed by atoms with Crippen LogP contribution in [0.4, 0.5) is 26.3 Å². The molecule has 3 nitrogen and oxygen atoms in total. The number of aryl methyl sites for hydroxylation is 1. The molecule has 9 heteroatoms. The Hall–Kier alpha value is -2.32. The SMILES string of the molecule is Cc1cc(=O)cc(-c2ccc(C(F)(F)F)nc2C2CCC(C(F)(F)F)CC2)[nH]1. The largest absolute Gasteiger partial charge is 0.433 e. The van der Waals surface area contributed by atoms with Crippen molar-refractivity contribution in [1.29, 1.82) is 0 Å². The third-order valence-corrected chi connectivity index (χ3v) is 5.06. The van der Waals surface area contributed by atoms with E-state index in [-0.39, 0.29) is 36.8 Å². The zero-order chi connectivity index (χ0) is 20.7. The Morgan fingerprint density at radius 2 is 1.64 bits per heavy atom. The maximum Gasteiger partial charge on any atom is 0.433 e. The van der Waals surface area contributed by atoms with E-state index in [9.17, 15) is 31.1 Å². The topological polar surface area (TPSA) is 45.8 Å². The predicted octanol–water partition coefficient (Wildman–Crippen LogP) is 5.60. The molecule has 0 atom stereocenters. The van der Waals surface area contributed by atoms with Gasteiger partial charge in [-0.05, 0) is 44.7 Å². The molecule has 1 aliphatic rings. The molecular formula is C19H18F6N2O. The van der Waals surface area contributed by atoms with Gasteiger partial charge in [-0.3, -0.25) is 4.79 Å². The lowest BCUT2D eigenvalue weighted by Crippen LogP contribution is -2.27. The van der Waals surface area contributed by atoms with Crippen LogP contribution < -0.4 is 5.43 Å². The highest BCUT2D eigenvalue weighted by atomic mass is 19.4. The summed E-state index contributed by atoms with van der Waals surface area (Å²) in [4.78, 5) is 18.5. The van der Waals surface area contributed by atoms with Crippen LogP contribution in [0.5, 0.6) is 0 Å². The maximum absolute atomic E-state index is 13.1. The molecule has 0 bridgehead atoms. The molecule has 0 radical (unpaired) electrons. The first-order valence-corrected chi connectivity index (χ1v) is 8.81. The van der Waals surface area contributed by atoms with Gasteiger partial charge in [0.1, 0.15) is 5.69 Å². The van der Waals surface area contributed by atoms with Gasteiger partial charge in [0.25, 0.3) is 0 Å². The number of aromatic nitrogens is 2. The van der Waals surface area contributed by atoms with Crippen molar-refractivity contribution in [3.8, 4) is 11.3 Å².